The highest BCUT2D eigenvalue weighted by molar-refractivity contribution is 5.98. The van der Waals surface area contributed by atoms with E-state index in [1.54, 1.807) is 0 Å². The Bertz CT molecular complexity index is 891. The van der Waals surface area contributed by atoms with Crippen molar-refractivity contribution in [2.45, 2.75) is 37.6 Å². The topological polar surface area (TPSA) is 72.9 Å². The van der Waals surface area contributed by atoms with Gasteiger partial charge in [0.15, 0.2) is 0 Å². The van der Waals surface area contributed by atoms with Crippen LogP contribution in [0.1, 0.15) is 32.1 Å². The number of nitrogens with zero attached hydrogens (tertiary/aromatic N) is 2. The SMILES string of the molecule is NC1(C(=O)Nc2ccc(-n3cnc4ccccc43)cc2)CCCCC1. The van der Waals surface area contributed by atoms with Crippen LogP contribution in [-0.4, -0.2) is 21.0 Å². The van der Waals surface area contributed by atoms with Gasteiger partial charge in [0.25, 0.3) is 0 Å². The van der Waals surface area contributed by atoms with Gasteiger partial charge < -0.3 is 11.1 Å². The third-order valence-electron chi connectivity index (χ3n) is 5.05. The zero-order valence-electron chi connectivity index (χ0n) is 14.1. The van der Waals surface area contributed by atoms with Crippen molar-refractivity contribution in [3.8, 4) is 5.69 Å². The van der Waals surface area contributed by atoms with Crippen LogP contribution in [0, 0.1) is 0 Å². The van der Waals surface area contributed by atoms with Gasteiger partial charge in [-0.05, 0) is 49.2 Å². The largest absolute Gasteiger partial charge is 0.324 e. The molecule has 1 aliphatic rings. The number of rotatable bonds is 3. The van der Waals surface area contributed by atoms with Crippen molar-refractivity contribution in [1.29, 1.82) is 0 Å². The zero-order chi connectivity index (χ0) is 17.3. The van der Waals surface area contributed by atoms with Gasteiger partial charge in [-0.1, -0.05) is 31.4 Å². The molecule has 1 fully saturated rings. The molecule has 4 rings (SSSR count). The quantitative estimate of drug-likeness (QED) is 0.768. The number of benzene rings is 2. The lowest BCUT2D eigenvalue weighted by Gasteiger charge is -2.31. The van der Waals surface area contributed by atoms with E-state index in [4.69, 9.17) is 5.73 Å². The Morgan fingerprint density at radius 2 is 1.76 bits per heavy atom. The molecule has 5 heteroatoms. The lowest BCUT2D eigenvalue weighted by atomic mass is 9.82. The maximum atomic E-state index is 12.5. The Morgan fingerprint density at radius 1 is 1.04 bits per heavy atom. The number of carbonyl (C=O) groups is 1. The van der Waals surface area contributed by atoms with Crippen LogP contribution in [0.3, 0.4) is 0 Å². The second-order valence-corrected chi connectivity index (χ2v) is 6.82. The summed E-state index contributed by atoms with van der Waals surface area (Å²) < 4.78 is 2.03. The van der Waals surface area contributed by atoms with E-state index in [9.17, 15) is 4.79 Å². The third-order valence-corrected chi connectivity index (χ3v) is 5.05. The van der Waals surface area contributed by atoms with Gasteiger partial charge in [0.1, 0.15) is 6.33 Å². The zero-order valence-corrected chi connectivity index (χ0v) is 14.1. The smallest absolute Gasteiger partial charge is 0.244 e. The van der Waals surface area contributed by atoms with Crippen LogP contribution in [0.4, 0.5) is 5.69 Å². The van der Waals surface area contributed by atoms with Crippen molar-refractivity contribution in [1.82, 2.24) is 9.55 Å². The minimum Gasteiger partial charge on any atom is -0.324 e. The molecule has 0 atom stereocenters. The molecule has 0 spiro atoms. The van der Waals surface area contributed by atoms with Crippen molar-refractivity contribution in [3.05, 3.63) is 54.9 Å². The Balaban J connectivity index is 1.53. The van der Waals surface area contributed by atoms with E-state index in [1.807, 2.05) is 59.4 Å². The monoisotopic (exact) mass is 334 g/mol. The number of carbonyl (C=O) groups excluding carboxylic acids is 1. The summed E-state index contributed by atoms with van der Waals surface area (Å²) in [5, 5.41) is 2.97. The number of imidazole rings is 1. The van der Waals surface area contributed by atoms with E-state index in [0.717, 1.165) is 48.1 Å². The Hall–Kier alpha value is -2.66. The standard InChI is InChI=1S/C20H22N4O/c21-20(12-4-1-5-13-20)19(25)23-15-8-10-16(11-9-15)24-14-22-17-6-2-3-7-18(17)24/h2-3,6-11,14H,1,4-5,12-13,21H2,(H,23,25). The summed E-state index contributed by atoms with van der Waals surface area (Å²) >= 11 is 0. The molecule has 128 valence electrons. The fourth-order valence-electron chi connectivity index (χ4n) is 3.54. The van der Waals surface area contributed by atoms with Crippen molar-refractivity contribution >= 4 is 22.6 Å². The normalized spacial score (nSPS) is 16.7. The second kappa shape index (κ2) is 6.33. The molecule has 0 unspecified atom stereocenters. The van der Waals surface area contributed by atoms with E-state index in [-0.39, 0.29) is 5.91 Å². The van der Waals surface area contributed by atoms with E-state index in [1.165, 1.54) is 6.42 Å². The Kier molecular flexibility index (Phi) is 4.01. The number of anilines is 1. The van der Waals surface area contributed by atoms with Gasteiger partial charge in [-0.2, -0.15) is 0 Å². The summed E-state index contributed by atoms with van der Waals surface area (Å²) in [7, 11) is 0. The van der Waals surface area contributed by atoms with Gasteiger partial charge >= 0.3 is 0 Å². The average Bonchev–Trinajstić information content (AvgIpc) is 3.07. The molecule has 1 aromatic heterocycles. The van der Waals surface area contributed by atoms with Crippen LogP contribution in [0.2, 0.25) is 0 Å². The molecule has 0 saturated heterocycles. The first-order valence-electron chi connectivity index (χ1n) is 8.79. The minimum absolute atomic E-state index is 0.0759. The van der Waals surface area contributed by atoms with Crippen LogP contribution in [0.5, 0.6) is 0 Å². The number of nitrogens with one attached hydrogen (secondary N) is 1. The van der Waals surface area contributed by atoms with Crippen molar-refractivity contribution in [3.63, 3.8) is 0 Å². The van der Waals surface area contributed by atoms with Gasteiger partial charge in [0, 0.05) is 11.4 Å². The molecule has 0 aliphatic heterocycles. The van der Waals surface area contributed by atoms with Crippen LogP contribution in [0.15, 0.2) is 54.9 Å². The molecule has 5 nitrogen and oxygen atoms in total. The van der Waals surface area contributed by atoms with Crippen LogP contribution in [0.25, 0.3) is 16.7 Å². The Labute approximate surface area is 146 Å². The second-order valence-electron chi connectivity index (χ2n) is 6.82. The molecular weight excluding hydrogens is 312 g/mol. The number of fused-ring (bicyclic) bond motifs is 1. The van der Waals surface area contributed by atoms with Gasteiger partial charge in [-0.25, -0.2) is 4.98 Å². The highest BCUT2D eigenvalue weighted by Crippen LogP contribution is 2.27. The molecule has 1 heterocycles. The maximum Gasteiger partial charge on any atom is 0.244 e. The van der Waals surface area contributed by atoms with Crippen LogP contribution in [-0.2, 0) is 4.79 Å². The van der Waals surface area contributed by atoms with Gasteiger partial charge in [-0.15, -0.1) is 0 Å². The molecule has 25 heavy (non-hydrogen) atoms. The van der Waals surface area contributed by atoms with Gasteiger partial charge in [0.2, 0.25) is 5.91 Å². The molecule has 3 aromatic rings. The first-order valence-corrected chi connectivity index (χ1v) is 8.79. The first kappa shape index (κ1) is 15.8. The van der Waals surface area contributed by atoms with E-state index in [0.29, 0.717) is 0 Å². The van der Waals surface area contributed by atoms with E-state index in [2.05, 4.69) is 10.3 Å². The average molecular weight is 334 g/mol. The number of hydrogen-bond acceptors (Lipinski definition) is 3. The number of aromatic nitrogens is 2. The number of hydrogen-bond donors (Lipinski definition) is 2. The third kappa shape index (κ3) is 3.03. The number of nitrogens with two attached hydrogens (primary N) is 1. The first-order chi connectivity index (χ1) is 12.2. The lowest BCUT2D eigenvalue weighted by Crippen LogP contribution is -2.52. The predicted molar refractivity (Wildman–Crippen MR) is 99.7 cm³/mol. The summed E-state index contributed by atoms with van der Waals surface area (Å²) in [5.74, 6) is -0.0759. The molecule has 0 bridgehead atoms. The summed E-state index contributed by atoms with van der Waals surface area (Å²) in [4.78, 5) is 16.9. The lowest BCUT2D eigenvalue weighted by molar-refractivity contribution is -0.122. The molecular formula is C20H22N4O. The fraction of sp³-hybridized carbons (Fsp3) is 0.300. The highest BCUT2D eigenvalue weighted by atomic mass is 16.2. The van der Waals surface area contributed by atoms with Gasteiger partial charge in [0.05, 0.1) is 16.6 Å². The van der Waals surface area contributed by atoms with Crippen LogP contribution >= 0.6 is 0 Å². The van der Waals surface area contributed by atoms with Crippen molar-refractivity contribution < 1.29 is 4.79 Å². The molecule has 3 N–H and O–H groups in total. The number of para-hydroxylation sites is 2. The molecule has 1 aliphatic carbocycles. The summed E-state index contributed by atoms with van der Waals surface area (Å²) in [6.07, 6.45) is 6.55. The molecule has 0 radical (unpaired) electrons. The van der Waals surface area contributed by atoms with Crippen LogP contribution < -0.4 is 11.1 Å². The van der Waals surface area contributed by atoms with Crippen molar-refractivity contribution in [2.24, 2.45) is 5.73 Å². The minimum atomic E-state index is -0.725. The van der Waals surface area contributed by atoms with E-state index >= 15 is 0 Å². The number of amides is 1. The molecule has 1 amide bonds. The summed E-state index contributed by atoms with van der Waals surface area (Å²) in [6.45, 7) is 0. The van der Waals surface area contributed by atoms with E-state index < -0.39 is 5.54 Å². The Morgan fingerprint density at radius 3 is 2.52 bits per heavy atom. The highest BCUT2D eigenvalue weighted by Gasteiger charge is 2.35. The maximum absolute atomic E-state index is 12.5. The molecule has 1 saturated carbocycles. The molecule has 2 aromatic carbocycles. The van der Waals surface area contributed by atoms with Crippen molar-refractivity contribution in [2.75, 3.05) is 5.32 Å². The predicted octanol–water partition coefficient (Wildman–Crippen LogP) is 3.63. The van der Waals surface area contributed by atoms with Gasteiger partial charge in [-0.3, -0.25) is 9.36 Å². The fourth-order valence-corrected chi connectivity index (χ4v) is 3.54. The summed E-state index contributed by atoms with van der Waals surface area (Å²) in [5.41, 5.74) is 9.37. The summed E-state index contributed by atoms with van der Waals surface area (Å²) in [6, 6.07) is 15.8.